The number of hydrogen-bond acceptors (Lipinski definition) is 5. The van der Waals surface area contributed by atoms with E-state index < -0.39 is 6.61 Å². The van der Waals surface area contributed by atoms with Crippen molar-refractivity contribution in [2.24, 2.45) is 4.99 Å². The Morgan fingerprint density at radius 3 is 2.55 bits per heavy atom. The maximum absolute atomic E-state index is 12.6. The lowest BCUT2D eigenvalue weighted by Gasteiger charge is -2.34. The van der Waals surface area contributed by atoms with E-state index in [-0.39, 0.29) is 41.6 Å². The first-order chi connectivity index (χ1) is 14.6. The zero-order valence-corrected chi connectivity index (χ0v) is 20.8. The van der Waals surface area contributed by atoms with Gasteiger partial charge >= 0.3 is 6.61 Å². The van der Waals surface area contributed by atoms with E-state index in [0.717, 1.165) is 50.4 Å². The van der Waals surface area contributed by atoms with E-state index in [4.69, 9.17) is 14.2 Å². The van der Waals surface area contributed by atoms with E-state index in [0.29, 0.717) is 19.8 Å². The van der Waals surface area contributed by atoms with Crippen LogP contribution in [0.25, 0.3) is 0 Å². The van der Waals surface area contributed by atoms with E-state index in [1.54, 1.807) is 19.2 Å². The SMILES string of the molecule is CCNC(=NCc1ccc(OC)c(OC(F)F)c1)N1CCC(OCCCOC)CC1.I. The number of aliphatic imine (C=N–C) groups is 1. The number of hydrogen-bond donors (Lipinski definition) is 1. The highest BCUT2D eigenvalue weighted by Gasteiger charge is 2.22. The molecular weight excluding hydrogens is 523 g/mol. The second kappa shape index (κ2) is 15.4. The summed E-state index contributed by atoms with van der Waals surface area (Å²) in [6.07, 6.45) is 3.04. The Balaban J connectivity index is 0.00000480. The second-order valence-corrected chi connectivity index (χ2v) is 6.94. The quantitative estimate of drug-likeness (QED) is 0.193. The average Bonchev–Trinajstić information content (AvgIpc) is 2.74. The van der Waals surface area contributed by atoms with Crippen LogP contribution in [0, 0.1) is 0 Å². The van der Waals surface area contributed by atoms with Gasteiger partial charge in [0.15, 0.2) is 17.5 Å². The summed E-state index contributed by atoms with van der Waals surface area (Å²) in [6.45, 7) is 3.33. The van der Waals surface area contributed by atoms with Crippen molar-refractivity contribution < 1.29 is 27.7 Å². The lowest BCUT2D eigenvalue weighted by molar-refractivity contribution is -0.0512. The molecule has 1 aliphatic rings. The smallest absolute Gasteiger partial charge is 0.387 e. The van der Waals surface area contributed by atoms with Gasteiger partial charge in [0.05, 0.1) is 19.8 Å². The molecule has 2 rings (SSSR count). The summed E-state index contributed by atoms with van der Waals surface area (Å²) >= 11 is 0. The Morgan fingerprint density at radius 2 is 1.94 bits per heavy atom. The van der Waals surface area contributed by atoms with Crippen molar-refractivity contribution >= 4 is 29.9 Å². The van der Waals surface area contributed by atoms with Crippen LogP contribution in [0.15, 0.2) is 23.2 Å². The third-order valence-corrected chi connectivity index (χ3v) is 4.78. The largest absolute Gasteiger partial charge is 0.493 e. The van der Waals surface area contributed by atoms with Crippen LogP contribution >= 0.6 is 24.0 Å². The Labute approximate surface area is 200 Å². The van der Waals surface area contributed by atoms with Crippen molar-refractivity contribution in [2.75, 3.05) is 47.1 Å². The van der Waals surface area contributed by atoms with Crippen LogP contribution in [0.3, 0.4) is 0 Å². The van der Waals surface area contributed by atoms with E-state index in [1.165, 1.54) is 13.2 Å². The van der Waals surface area contributed by atoms with E-state index in [9.17, 15) is 8.78 Å². The summed E-state index contributed by atoms with van der Waals surface area (Å²) < 4.78 is 45.9. The zero-order valence-electron chi connectivity index (χ0n) is 18.4. The first-order valence-corrected chi connectivity index (χ1v) is 10.3. The van der Waals surface area contributed by atoms with Gasteiger partial charge < -0.3 is 29.2 Å². The predicted octanol–water partition coefficient (Wildman–Crippen LogP) is 3.90. The molecule has 1 aromatic carbocycles. The number of halogens is 3. The average molecular weight is 557 g/mol. The summed E-state index contributed by atoms with van der Waals surface area (Å²) in [7, 11) is 3.11. The fraction of sp³-hybridized carbons (Fsp3) is 0.667. The minimum Gasteiger partial charge on any atom is -0.493 e. The molecule has 0 aromatic heterocycles. The van der Waals surface area contributed by atoms with Gasteiger partial charge in [0.2, 0.25) is 0 Å². The molecule has 1 fully saturated rings. The van der Waals surface area contributed by atoms with Crippen molar-refractivity contribution in [1.29, 1.82) is 0 Å². The molecule has 1 heterocycles. The van der Waals surface area contributed by atoms with E-state index in [1.807, 2.05) is 6.92 Å². The number of nitrogens with zero attached hydrogens (tertiary/aromatic N) is 2. The molecule has 31 heavy (non-hydrogen) atoms. The highest BCUT2D eigenvalue weighted by atomic mass is 127. The minimum absolute atomic E-state index is 0. The summed E-state index contributed by atoms with van der Waals surface area (Å²) in [5.74, 6) is 1.08. The first kappa shape index (κ1) is 27.6. The summed E-state index contributed by atoms with van der Waals surface area (Å²) in [6, 6.07) is 4.95. The second-order valence-electron chi connectivity index (χ2n) is 6.94. The van der Waals surface area contributed by atoms with Gasteiger partial charge in [-0.15, -0.1) is 24.0 Å². The minimum atomic E-state index is -2.91. The van der Waals surface area contributed by atoms with Crippen LogP contribution < -0.4 is 14.8 Å². The fourth-order valence-corrected chi connectivity index (χ4v) is 3.29. The number of alkyl halides is 2. The van der Waals surface area contributed by atoms with Gasteiger partial charge in [-0.3, -0.25) is 0 Å². The van der Waals surface area contributed by atoms with Gasteiger partial charge in [-0.05, 0) is 43.9 Å². The van der Waals surface area contributed by atoms with Crippen LogP contribution in [0.4, 0.5) is 8.78 Å². The van der Waals surface area contributed by atoms with E-state index in [2.05, 4.69) is 19.9 Å². The van der Waals surface area contributed by atoms with Crippen molar-refractivity contribution in [3.05, 3.63) is 23.8 Å². The molecule has 178 valence electrons. The molecule has 1 aromatic rings. The maximum Gasteiger partial charge on any atom is 0.387 e. The fourth-order valence-electron chi connectivity index (χ4n) is 3.29. The Kier molecular flexibility index (Phi) is 13.7. The summed E-state index contributed by atoms with van der Waals surface area (Å²) in [5.41, 5.74) is 0.762. The molecule has 7 nitrogen and oxygen atoms in total. The molecule has 1 saturated heterocycles. The highest BCUT2D eigenvalue weighted by Crippen LogP contribution is 2.29. The van der Waals surface area contributed by atoms with Crippen molar-refractivity contribution in [1.82, 2.24) is 10.2 Å². The third kappa shape index (κ3) is 9.73. The number of benzene rings is 1. The van der Waals surface area contributed by atoms with Crippen LogP contribution in [-0.2, 0) is 16.0 Å². The number of methoxy groups -OCH3 is 2. The van der Waals surface area contributed by atoms with Crippen molar-refractivity contribution in [3.8, 4) is 11.5 Å². The van der Waals surface area contributed by atoms with Crippen LogP contribution in [0.5, 0.6) is 11.5 Å². The molecule has 0 spiro atoms. The number of guanidine groups is 1. The molecule has 0 bridgehead atoms. The molecule has 0 atom stereocenters. The molecule has 1 aliphatic heterocycles. The van der Waals surface area contributed by atoms with Gasteiger partial charge in [0, 0.05) is 40.0 Å². The molecule has 10 heteroatoms. The van der Waals surface area contributed by atoms with Gasteiger partial charge in [0.25, 0.3) is 0 Å². The maximum atomic E-state index is 12.6. The molecule has 0 unspecified atom stereocenters. The molecular formula is C21H34F2IN3O4. The van der Waals surface area contributed by atoms with Gasteiger partial charge in [-0.1, -0.05) is 6.07 Å². The summed E-state index contributed by atoms with van der Waals surface area (Å²) in [5, 5.41) is 3.31. The molecule has 0 amide bonds. The van der Waals surface area contributed by atoms with Gasteiger partial charge in [0.1, 0.15) is 0 Å². The van der Waals surface area contributed by atoms with Gasteiger partial charge in [-0.25, -0.2) is 4.99 Å². The number of piperidine rings is 1. The number of nitrogens with one attached hydrogen (secondary N) is 1. The van der Waals surface area contributed by atoms with Crippen LogP contribution in [0.2, 0.25) is 0 Å². The zero-order chi connectivity index (χ0) is 21.8. The highest BCUT2D eigenvalue weighted by molar-refractivity contribution is 14.0. The monoisotopic (exact) mass is 557 g/mol. The topological polar surface area (TPSA) is 64.6 Å². The van der Waals surface area contributed by atoms with Crippen molar-refractivity contribution in [2.45, 2.75) is 45.4 Å². The molecule has 1 N–H and O–H groups in total. The normalized spacial score (nSPS) is 15.0. The van der Waals surface area contributed by atoms with Crippen LogP contribution in [-0.4, -0.2) is 70.6 Å². The summed E-state index contributed by atoms with van der Waals surface area (Å²) in [4.78, 5) is 6.89. The third-order valence-electron chi connectivity index (χ3n) is 4.78. The lowest BCUT2D eigenvalue weighted by atomic mass is 10.1. The number of likely N-dealkylation sites (tertiary alicyclic amines) is 1. The number of rotatable bonds is 11. The first-order valence-electron chi connectivity index (χ1n) is 10.3. The Bertz CT molecular complexity index is 660. The lowest BCUT2D eigenvalue weighted by Crippen LogP contribution is -2.47. The number of ether oxygens (including phenoxy) is 4. The van der Waals surface area contributed by atoms with Gasteiger partial charge in [-0.2, -0.15) is 8.78 Å². The standard InChI is InChI=1S/C21H33F2N3O4.HI/c1-4-24-21(26-10-8-17(9-11-26)29-13-5-12-27-2)25-15-16-6-7-18(28-3)19(14-16)30-20(22)23;/h6-7,14,17,20H,4-5,8-13,15H2,1-3H3,(H,24,25);1H. The predicted molar refractivity (Wildman–Crippen MR) is 127 cm³/mol. The van der Waals surface area contributed by atoms with E-state index >= 15 is 0 Å². The Hall–Kier alpha value is -1.40. The molecule has 0 saturated carbocycles. The van der Waals surface area contributed by atoms with Crippen LogP contribution in [0.1, 0.15) is 31.7 Å². The molecule has 0 aliphatic carbocycles. The van der Waals surface area contributed by atoms with Crippen molar-refractivity contribution in [3.63, 3.8) is 0 Å². The molecule has 0 radical (unpaired) electrons. The Morgan fingerprint density at radius 1 is 1.19 bits per heavy atom.